The van der Waals surface area contributed by atoms with Crippen molar-refractivity contribution in [2.24, 2.45) is 0 Å². The zero-order chi connectivity index (χ0) is 17.8. The van der Waals surface area contributed by atoms with E-state index in [4.69, 9.17) is 4.74 Å². The van der Waals surface area contributed by atoms with Gasteiger partial charge in [0.1, 0.15) is 0 Å². The molecule has 2 aliphatic heterocycles. The van der Waals surface area contributed by atoms with Crippen LogP contribution < -0.4 is 15.5 Å². The molecule has 7 heteroatoms. The van der Waals surface area contributed by atoms with Gasteiger partial charge in [-0.2, -0.15) is 0 Å². The van der Waals surface area contributed by atoms with Gasteiger partial charge < -0.3 is 20.3 Å². The van der Waals surface area contributed by atoms with E-state index in [-0.39, 0.29) is 12.0 Å². The van der Waals surface area contributed by atoms with Crippen molar-refractivity contribution in [3.05, 3.63) is 23.8 Å². The fourth-order valence-corrected chi connectivity index (χ4v) is 3.22. The maximum Gasteiger partial charge on any atom is 0.313 e. The van der Waals surface area contributed by atoms with E-state index in [1.807, 2.05) is 6.92 Å². The fraction of sp³-hybridized carbons (Fsp3) is 0.500. The number of nitrogens with one attached hydrogen (secondary N) is 2. The van der Waals surface area contributed by atoms with Crippen molar-refractivity contribution >= 4 is 29.1 Å². The lowest BCUT2D eigenvalue weighted by atomic mass is 10.1. The van der Waals surface area contributed by atoms with Crippen molar-refractivity contribution in [2.75, 3.05) is 29.9 Å². The van der Waals surface area contributed by atoms with E-state index in [2.05, 4.69) is 10.6 Å². The summed E-state index contributed by atoms with van der Waals surface area (Å²) in [5, 5.41) is 5.18. The molecule has 1 aromatic carbocycles. The van der Waals surface area contributed by atoms with Crippen LogP contribution in [-0.4, -0.2) is 43.5 Å². The summed E-state index contributed by atoms with van der Waals surface area (Å²) in [6.45, 7) is 3.66. The van der Waals surface area contributed by atoms with E-state index in [1.54, 1.807) is 23.1 Å². The third-order valence-corrected chi connectivity index (χ3v) is 4.54. The van der Waals surface area contributed by atoms with Crippen LogP contribution >= 0.6 is 0 Å². The number of nitrogens with zero attached hydrogens (tertiary/aromatic N) is 1. The Bertz CT molecular complexity index is 683. The molecule has 0 unspecified atom stereocenters. The summed E-state index contributed by atoms with van der Waals surface area (Å²) in [5.41, 5.74) is 2.27. The minimum Gasteiger partial charge on any atom is -0.376 e. The second kappa shape index (κ2) is 7.65. The Morgan fingerprint density at radius 2 is 2.12 bits per heavy atom. The Labute approximate surface area is 146 Å². The molecule has 2 heterocycles. The van der Waals surface area contributed by atoms with Crippen molar-refractivity contribution in [1.29, 1.82) is 0 Å². The molecule has 7 nitrogen and oxygen atoms in total. The summed E-state index contributed by atoms with van der Waals surface area (Å²) in [7, 11) is 0. The molecule has 2 saturated heterocycles. The highest BCUT2D eigenvalue weighted by Gasteiger charge is 2.23. The Balaban J connectivity index is 1.56. The van der Waals surface area contributed by atoms with E-state index >= 15 is 0 Å². The molecule has 134 valence electrons. The van der Waals surface area contributed by atoms with Crippen LogP contribution in [0.3, 0.4) is 0 Å². The molecule has 0 radical (unpaired) electrons. The van der Waals surface area contributed by atoms with Gasteiger partial charge in [-0.05, 0) is 49.9 Å². The van der Waals surface area contributed by atoms with Crippen molar-refractivity contribution in [2.45, 2.75) is 38.7 Å². The number of anilines is 2. The molecule has 2 aliphatic rings. The third-order valence-electron chi connectivity index (χ3n) is 4.54. The smallest absolute Gasteiger partial charge is 0.313 e. The van der Waals surface area contributed by atoms with Crippen molar-refractivity contribution in [3.8, 4) is 0 Å². The van der Waals surface area contributed by atoms with Crippen LogP contribution in [0.1, 0.15) is 31.2 Å². The summed E-state index contributed by atoms with van der Waals surface area (Å²) in [6, 6.07) is 5.28. The molecule has 1 atom stereocenters. The standard InChI is InChI=1S/C18H23N3O4/c1-12-10-13(6-7-15(12)21-8-2-5-16(21)22)20-18(24)17(23)19-11-14-4-3-9-25-14/h6-7,10,14H,2-5,8-9,11H2,1H3,(H,19,23)(H,20,24)/t14-/m1/s1. The van der Waals surface area contributed by atoms with E-state index in [0.29, 0.717) is 25.3 Å². The lowest BCUT2D eigenvalue weighted by molar-refractivity contribution is -0.136. The van der Waals surface area contributed by atoms with Crippen LogP contribution in [-0.2, 0) is 19.1 Å². The van der Waals surface area contributed by atoms with E-state index in [0.717, 1.165) is 37.1 Å². The zero-order valence-corrected chi connectivity index (χ0v) is 14.3. The van der Waals surface area contributed by atoms with Crippen LogP contribution in [0.15, 0.2) is 18.2 Å². The van der Waals surface area contributed by atoms with Crippen LogP contribution in [0, 0.1) is 6.92 Å². The number of rotatable bonds is 4. The molecule has 3 amide bonds. The van der Waals surface area contributed by atoms with Crippen LogP contribution in [0.5, 0.6) is 0 Å². The molecule has 0 spiro atoms. The number of carbonyl (C=O) groups is 3. The molecular formula is C18H23N3O4. The summed E-state index contributed by atoms with van der Waals surface area (Å²) < 4.78 is 5.41. The highest BCUT2D eigenvalue weighted by molar-refractivity contribution is 6.39. The summed E-state index contributed by atoms with van der Waals surface area (Å²) >= 11 is 0. The third kappa shape index (κ3) is 4.17. The molecule has 3 rings (SSSR count). The zero-order valence-electron chi connectivity index (χ0n) is 14.3. The Kier molecular flexibility index (Phi) is 5.33. The van der Waals surface area contributed by atoms with Gasteiger partial charge in [0.05, 0.1) is 6.10 Å². The largest absolute Gasteiger partial charge is 0.376 e. The Morgan fingerprint density at radius 1 is 1.28 bits per heavy atom. The molecule has 1 aromatic rings. The van der Waals surface area contributed by atoms with Crippen molar-refractivity contribution < 1.29 is 19.1 Å². The van der Waals surface area contributed by atoms with Gasteiger partial charge >= 0.3 is 11.8 Å². The van der Waals surface area contributed by atoms with Crippen molar-refractivity contribution in [1.82, 2.24) is 5.32 Å². The van der Waals surface area contributed by atoms with Gasteiger partial charge in [-0.25, -0.2) is 0 Å². The minimum atomic E-state index is -0.706. The van der Waals surface area contributed by atoms with Gasteiger partial charge in [0.25, 0.3) is 0 Å². The van der Waals surface area contributed by atoms with Gasteiger partial charge in [0.15, 0.2) is 0 Å². The number of benzene rings is 1. The fourth-order valence-electron chi connectivity index (χ4n) is 3.22. The predicted molar refractivity (Wildman–Crippen MR) is 93.4 cm³/mol. The summed E-state index contributed by atoms with van der Waals surface area (Å²) in [6.07, 6.45) is 3.32. The van der Waals surface area contributed by atoms with E-state index in [9.17, 15) is 14.4 Å². The predicted octanol–water partition coefficient (Wildman–Crippen LogP) is 1.36. The monoisotopic (exact) mass is 345 g/mol. The number of hydrogen-bond acceptors (Lipinski definition) is 4. The lowest BCUT2D eigenvalue weighted by Crippen LogP contribution is -2.39. The average molecular weight is 345 g/mol. The Hall–Kier alpha value is -2.41. The highest BCUT2D eigenvalue weighted by atomic mass is 16.5. The van der Waals surface area contributed by atoms with Crippen LogP contribution in [0.25, 0.3) is 0 Å². The van der Waals surface area contributed by atoms with E-state index < -0.39 is 11.8 Å². The number of amides is 3. The molecule has 0 aliphatic carbocycles. The first-order valence-electron chi connectivity index (χ1n) is 8.66. The van der Waals surface area contributed by atoms with Gasteiger partial charge in [0.2, 0.25) is 5.91 Å². The van der Waals surface area contributed by atoms with Gasteiger partial charge in [-0.3, -0.25) is 14.4 Å². The first-order chi connectivity index (χ1) is 12.0. The first-order valence-corrected chi connectivity index (χ1v) is 8.66. The molecule has 2 fully saturated rings. The second-order valence-electron chi connectivity index (χ2n) is 6.45. The number of carbonyl (C=O) groups excluding carboxylic acids is 3. The normalized spacial score (nSPS) is 20.0. The lowest BCUT2D eigenvalue weighted by Gasteiger charge is -2.19. The number of aryl methyl sites for hydroxylation is 1. The molecule has 2 N–H and O–H groups in total. The molecule has 0 saturated carbocycles. The molecule has 0 bridgehead atoms. The summed E-state index contributed by atoms with van der Waals surface area (Å²) in [5.74, 6) is -1.26. The average Bonchev–Trinajstić information content (AvgIpc) is 3.24. The highest BCUT2D eigenvalue weighted by Crippen LogP contribution is 2.27. The van der Waals surface area contributed by atoms with Gasteiger partial charge in [-0.1, -0.05) is 0 Å². The van der Waals surface area contributed by atoms with Crippen molar-refractivity contribution in [3.63, 3.8) is 0 Å². The maximum atomic E-state index is 12.0. The SMILES string of the molecule is Cc1cc(NC(=O)C(=O)NC[C@H]2CCCO2)ccc1N1CCCC1=O. The first kappa shape index (κ1) is 17.4. The summed E-state index contributed by atoms with van der Waals surface area (Å²) in [4.78, 5) is 37.5. The molecule has 25 heavy (non-hydrogen) atoms. The molecule has 0 aromatic heterocycles. The van der Waals surface area contributed by atoms with Crippen LogP contribution in [0.2, 0.25) is 0 Å². The van der Waals surface area contributed by atoms with Gasteiger partial charge in [-0.15, -0.1) is 0 Å². The topological polar surface area (TPSA) is 87.7 Å². The number of hydrogen-bond donors (Lipinski definition) is 2. The van der Waals surface area contributed by atoms with Gasteiger partial charge in [0, 0.05) is 37.5 Å². The molecular weight excluding hydrogens is 322 g/mol. The number of ether oxygens (including phenoxy) is 1. The Morgan fingerprint density at radius 3 is 2.76 bits per heavy atom. The second-order valence-corrected chi connectivity index (χ2v) is 6.45. The quantitative estimate of drug-likeness (QED) is 0.807. The van der Waals surface area contributed by atoms with Crippen LogP contribution in [0.4, 0.5) is 11.4 Å². The van der Waals surface area contributed by atoms with E-state index in [1.165, 1.54) is 0 Å². The maximum absolute atomic E-state index is 12.0. The minimum absolute atomic E-state index is 0.00345.